The lowest BCUT2D eigenvalue weighted by Gasteiger charge is -2.10. The minimum Gasteiger partial charge on any atom is -0.349 e. The van der Waals surface area contributed by atoms with E-state index < -0.39 is 35.1 Å². The Morgan fingerprint density at radius 2 is 1.69 bits per heavy atom. The van der Waals surface area contributed by atoms with Gasteiger partial charge in [-0.15, -0.1) is 0 Å². The summed E-state index contributed by atoms with van der Waals surface area (Å²) in [6.07, 6.45) is -4.45. The Bertz CT molecular complexity index is 1160. The molecule has 3 rings (SSSR count). The number of nitrogens with zero attached hydrogens (tertiary/aromatic N) is 2. The highest BCUT2D eigenvalue weighted by molar-refractivity contribution is 6.43. The van der Waals surface area contributed by atoms with Crippen LogP contribution in [0.4, 0.5) is 22.0 Å². The molecule has 10 heteroatoms. The van der Waals surface area contributed by atoms with E-state index in [-0.39, 0.29) is 35.6 Å². The molecule has 1 heterocycles. The lowest BCUT2D eigenvalue weighted by atomic mass is 10.1. The number of alkyl halides is 3. The van der Waals surface area contributed by atoms with Crippen LogP contribution in [0.1, 0.15) is 32.9 Å². The number of aryl methyl sites for hydroxylation is 1. The van der Waals surface area contributed by atoms with Crippen LogP contribution in [0.5, 0.6) is 0 Å². The number of hydrogen-bond acceptors (Lipinski definition) is 3. The average molecular weight is 451 g/mol. The predicted octanol–water partition coefficient (Wildman–Crippen LogP) is 4.33. The third-order valence-corrected chi connectivity index (χ3v) is 4.76. The monoisotopic (exact) mass is 451 g/mol. The summed E-state index contributed by atoms with van der Waals surface area (Å²) in [5.74, 6) is -3.38. The van der Waals surface area contributed by atoms with Crippen molar-refractivity contribution in [3.8, 4) is 5.69 Å². The molecule has 0 aliphatic rings. The first kappa shape index (κ1) is 23.1. The second kappa shape index (κ2) is 8.89. The largest absolute Gasteiger partial charge is 0.416 e. The van der Waals surface area contributed by atoms with Crippen molar-refractivity contribution < 1.29 is 31.5 Å². The van der Waals surface area contributed by atoms with Crippen LogP contribution in [0.2, 0.25) is 0 Å². The van der Waals surface area contributed by atoms with Gasteiger partial charge < -0.3 is 5.32 Å². The fourth-order valence-corrected chi connectivity index (χ4v) is 3.31. The maximum Gasteiger partial charge on any atom is 0.416 e. The molecule has 32 heavy (non-hydrogen) atoms. The fourth-order valence-electron chi connectivity index (χ4n) is 3.31. The van der Waals surface area contributed by atoms with E-state index in [1.807, 2.05) is 0 Å². The highest BCUT2D eigenvalue weighted by atomic mass is 19.4. The quantitative estimate of drug-likeness (QED) is 0.345. The van der Waals surface area contributed by atoms with E-state index >= 15 is 0 Å². The maximum atomic E-state index is 13.2. The van der Waals surface area contributed by atoms with Crippen LogP contribution in [-0.2, 0) is 17.4 Å². The number of hydrogen-bond donors (Lipinski definition) is 1. The van der Waals surface area contributed by atoms with Crippen LogP contribution >= 0.6 is 0 Å². The summed E-state index contributed by atoms with van der Waals surface area (Å²) in [5, 5.41) is 6.50. The van der Waals surface area contributed by atoms with Gasteiger partial charge >= 0.3 is 6.18 Å². The fraction of sp³-hybridized carbons (Fsp3) is 0.227. The molecule has 0 aliphatic carbocycles. The zero-order chi connectivity index (χ0) is 23.6. The summed E-state index contributed by atoms with van der Waals surface area (Å²) < 4.78 is 66.7. The molecule has 0 saturated carbocycles. The van der Waals surface area contributed by atoms with Gasteiger partial charge in [-0.25, -0.2) is 13.5 Å². The molecule has 2 aromatic carbocycles. The maximum absolute atomic E-state index is 13.2. The topological polar surface area (TPSA) is 64.0 Å². The average Bonchev–Trinajstić information content (AvgIpc) is 3.00. The van der Waals surface area contributed by atoms with E-state index in [0.717, 1.165) is 30.3 Å². The molecule has 0 spiro atoms. The van der Waals surface area contributed by atoms with Crippen molar-refractivity contribution in [2.24, 2.45) is 0 Å². The molecule has 0 radical (unpaired) electrons. The Kier molecular flexibility index (Phi) is 6.42. The normalized spacial score (nSPS) is 11.5. The molecule has 0 fully saturated rings. The predicted molar refractivity (Wildman–Crippen MR) is 105 cm³/mol. The van der Waals surface area contributed by atoms with E-state index in [4.69, 9.17) is 0 Å². The van der Waals surface area contributed by atoms with E-state index in [1.165, 1.54) is 30.7 Å². The van der Waals surface area contributed by atoms with Gasteiger partial charge in [-0.05, 0) is 56.2 Å². The third kappa shape index (κ3) is 5.01. The molecule has 1 N–H and O–H groups in total. The molecule has 0 unspecified atom stereocenters. The Hall–Kier alpha value is -3.56. The van der Waals surface area contributed by atoms with Gasteiger partial charge in [-0.3, -0.25) is 9.59 Å². The highest BCUT2D eigenvalue weighted by Gasteiger charge is 2.31. The Morgan fingerprint density at radius 3 is 2.31 bits per heavy atom. The first-order chi connectivity index (χ1) is 15.0. The van der Waals surface area contributed by atoms with Crippen molar-refractivity contribution in [3.63, 3.8) is 0 Å². The first-order valence-corrected chi connectivity index (χ1v) is 9.48. The summed E-state index contributed by atoms with van der Waals surface area (Å²) in [6, 6.07) is 7.39. The summed E-state index contributed by atoms with van der Waals surface area (Å²) in [7, 11) is 0. The number of halogens is 5. The van der Waals surface area contributed by atoms with Crippen molar-refractivity contribution in [2.75, 3.05) is 6.54 Å². The highest BCUT2D eigenvalue weighted by Crippen LogP contribution is 2.31. The number of rotatable bonds is 6. The van der Waals surface area contributed by atoms with Crippen LogP contribution in [0.25, 0.3) is 5.69 Å². The number of aromatic nitrogens is 2. The number of benzene rings is 2. The molecule has 0 bridgehead atoms. The van der Waals surface area contributed by atoms with Gasteiger partial charge in [-0.2, -0.15) is 18.3 Å². The van der Waals surface area contributed by atoms with Crippen LogP contribution < -0.4 is 5.32 Å². The summed E-state index contributed by atoms with van der Waals surface area (Å²) in [6.45, 7) is 2.89. The second-order valence-corrected chi connectivity index (χ2v) is 7.12. The van der Waals surface area contributed by atoms with E-state index in [0.29, 0.717) is 5.56 Å². The van der Waals surface area contributed by atoms with Gasteiger partial charge in [0.15, 0.2) is 0 Å². The van der Waals surface area contributed by atoms with Crippen LogP contribution in [0.15, 0.2) is 42.5 Å². The third-order valence-electron chi connectivity index (χ3n) is 4.76. The number of carbonyl (C=O) groups is 2. The number of ketones is 1. The number of nitrogens with one attached hydrogen (secondary N) is 1. The molecule has 1 amide bonds. The molecular formula is C22H18F5N3O2. The van der Waals surface area contributed by atoms with Gasteiger partial charge in [0.1, 0.15) is 11.6 Å². The molecule has 0 saturated heterocycles. The Labute approximate surface area is 179 Å². The van der Waals surface area contributed by atoms with Gasteiger partial charge in [0.2, 0.25) is 0 Å². The van der Waals surface area contributed by atoms with Crippen LogP contribution in [0, 0.1) is 25.5 Å². The van der Waals surface area contributed by atoms with Crippen molar-refractivity contribution in [3.05, 3.63) is 82.2 Å². The molecule has 1 aromatic heterocycles. The van der Waals surface area contributed by atoms with Crippen LogP contribution in [0.3, 0.4) is 0 Å². The van der Waals surface area contributed by atoms with Gasteiger partial charge in [0.25, 0.3) is 11.7 Å². The zero-order valence-electron chi connectivity index (χ0n) is 17.1. The van der Waals surface area contributed by atoms with Gasteiger partial charge in [-0.1, -0.05) is 6.07 Å². The molecule has 168 valence electrons. The van der Waals surface area contributed by atoms with E-state index in [9.17, 15) is 31.5 Å². The lowest BCUT2D eigenvalue weighted by Crippen LogP contribution is -2.33. The smallest absolute Gasteiger partial charge is 0.349 e. The van der Waals surface area contributed by atoms with Crippen molar-refractivity contribution >= 4 is 11.7 Å². The van der Waals surface area contributed by atoms with Crippen molar-refractivity contribution in [1.29, 1.82) is 0 Å². The number of amides is 1. The van der Waals surface area contributed by atoms with E-state index in [2.05, 4.69) is 10.4 Å². The summed E-state index contributed by atoms with van der Waals surface area (Å²) >= 11 is 0. The molecule has 5 nitrogen and oxygen atoms in total. The van der Waals surface area contributed by atoms with E-state index in [1.54, 1.807) is 0 Å². The van der Waals surface area contributed by atoms with Gasteiger partial charge in [0.05, 0.1) is 28.2 Å². The first-order valence-electron chi connectivity index (χ1n) is 9.48. The minimum atomic E-state index is -4.55. The Morgan fingerprint density at radius 1 is 1.03 bits per heavy atom. The summed E-state index contributed by atoms with van der Waals surface area (Å²) in [5.41, 5.74) is -0.131. The second-order valence-electron chi connectivity index (χ2n) is 7.12. The number of Topliss-reactive ketones (excluding diaryl/α,β-unsaturated/α-hetero) is 1. The lowest BCUT2D eigenvalue weighted by molar-refractivity contribution is -0.137. The van der Waals surface area contributed by atoms with Crippen molar-refractivity contribution in [1.82, 2.24) is 15.1 Å². The van der Waals surface area contributed by atoms with Gasteiger partial charge in [0, 0.05) is 12.6 Å². The summed E-state index contributed by atoms with van der Waals surface area (Å²) in [4.78, 5) is 25.0. The van der Waals surface area contributed by atoms with Crippen molar-refractivity contribution in [2.45, 2.75) is 26.4 Å². The Balaban J connectivity index is 1.76. The molecule has 0 atom stereocenters. The standard InChI is InChI=1S/C22H18F5N3O2/c1-12-19(13(2)30(29-12)18-5-3-4-15(10-18)22(25,26)27)20(31)21(32)28-7-6-14-8-16(23)11-17(24)9-14/h3-5,8-11H,6-7H2,1-2H3,(H,28,32). The number of carbonyl (C=O) groups excluding carboxylic acids is 2. The molecule has 0 aliphatic heterocycles. The minimum absolute atomic E-state index is 0.0308. The zero-order valence-corrected chi connectivity index (χ0v) is 17.1. The molecular weight excluding hydrogens is 433 g/mol. The molecule has 3 aromatic rings. The SMILES string of the molecule is Cc1nn(-c2cccc(C(F)(F)F)c2)c(C)c1C(=O)C(=O)NCCc1cc(F)cc(F)c1. The van der Waals surface area contributed by atoms with Crippen LogP contribution in [-0.4, -0.2) is 28.0 Å².